The molecule has 0 amide bonds. The van der Waals surface area contributed by atoms with Crippen molar-refractivity contribution in [2.75, 3.05) is 6.26 Å². The average Bonchev–Trinajstić information content (AvgIpc) is 2.46. The molecule has 0 spiro atoms. The first-order chi connectivity index (χ1) is 5.31. The van der Waals surface area contributed by atoms with Crippen LogP contribution in [0.4, 0.5) is 0 Å². The van der Waals surface area contributed by atoms with Crippen LogP contribution >= 0.6 is 34.4 Å². The Hall–Kier alpha value is 0.320. The second-order valence-electron chi connectivity index (χ2n) is 1.82. The van der Waals surface area contributed by atoms with Gasteiger partial charge in [-0.15, -0.1) is 0 Å². The van der Waals surface area contributed by atoms with Crippen LogP contribution in [0, 0.1) is 0 Å². The number of hydrogen-bond donors (Lipinski definition) is 2. The molecule has 0 atom stereocenters. The van der Waals surface area contributed by atoms with Gasteiger partial charge < -0.3 is 10.2 Å². The summed E-state index contributed by atoms with van der Waals surface area (Å²) in [6.07, 6.45) is 1.99. The molecule has 0 aliphatic carbocycles. The summed E-state index contributed by atoms with van der Waals surface area (Å²) in [7, 11) is 0. The van der Waals surface area contributed by atoms with Crippen LogP contribution in [0.2, 0.25) is 0 Å². The second kappa shape index (κ2) is 4.37. The van der Waals surface area contributed by atoms with E-state index in [1.165, 1.54) is 3.52 Å². The molecule has 2 nitrogen and oxygen atoms in total. The third kappa shape index (κ3) is 2.13. The highest BCUT2D eigenvalue weighted by atomic mass is 32.2. The van der Waals surface area contributed by atoms with Gasteiger partial charge in [0.05, 0.1) is 22.7 Å². The Morgan fingerprint density at radius 3 is 2.55 bits per heavy atom. The monoisotopic (exact) mass is 209 g/mol. The molecule has 0 aliphatic rings. The highest BCUT2D eigenvalue weighted by Gasteiger charge is 2.20. The molecule has 0 unspecified atom stereocenters. The van der Waals surface area contributed by atoms with E-state index in [1.54, 1.807) is 34.4 Å². The van der Waals surface area contributed by atoms with Crippen molar-refractivity contribution in [2.45, 2.75) is 16.7 Å². The van der Waals surface area contributed by atoms with Gasteiger partial charge in [-0.2, -0.15) is 0 Å². The fourth-order valence-corrected chi connectivity index (χ4v) is 3.84. The molecule has 1 rings (SSSR count). The van der Waals surface area contributed by atoms with Crippen LogP contribution in [0.1, 0.15) is 9.75 Å². The van der Waals surface area contributed by atoms with Crippen molar-refractivity contribution < 1.29 is 10.2 Å². The lowest BCUT2D eigenvalue weighted by Crippen LogP contribution is -1.83. The smallest absolute Gasteiger partial charge is 0.312 e. The molecule has 0 fully saturated rings. The SMILES string of the molecule is CSc1sc(CO)c(CO)[s+]1. The van der Waals surface area contributed by atoms with E-state index in [9.17, 15) is 0 Å². The van der Waals surface area contributed by atoms with E-state index in [1.807, 2.05) is 6.26 Å². The van der Waals surface area contributed by atoms with Crippen LogP contribution in [-0.2, 0) is 13.2 Å². The highest BCUT2D eigenvalue weighted by Crippen LogP contribution is 2.34. The van der Waals surface area contributed by atoms with Gasteiger partial charge in [-0.1, -0.05) is 11.8 Å². The Morgan fingerprint density at radius 1 is 1.45 bits per heavy atom. The van der Waals surface area contributed by atoms with E-state index in [0.29, 0.717) is 0 Å². The van der Waals surface area contributed by atoms with Crippen LogP contribution in [0.15, 0.2) is 3.52 Å². The molecule has 62 valence electrons. The zero-order valence-electron chi connectivity index (χ0n) is 6.03. The number of thioether (sulfide) groups is 1. The van der Waals surface area contributed by atoms with Crippen LogP contribution in [0.3, 0.4) is 0 Å². The predicted molar refractivity (Wildman–Crippen MR) is 50.2 cm³/mol. The average molecular weight is 209 g/mol. The van der Waals surface area contributed by atoms with Crippen molar-refractivity contribution in [3.05, 3.63) is 9.75 Å². The minimum absolute atomic E-state index is 0.0393. The van der Waals surface area contributed by atoms with Crippen LogP contribution in [0.25, 0.3) is 0 Å². The molecular weight excluding hydrogens is 200 g/mol. The minimum atomic E-state index is 0.0393. The number of aliphatic hydroxyl groups is 2. The lowest BCUT2D eigenvalue weighted by Gasteiger charge is -1.81. The van der Waals surface area contributed by atoms with Gasteiger partial charge in [-0.25, -0.2) is 0 Å². The lowest BCUT2D eigenvalue weighted by atomic mass is 10.4. The van der Waals surface area contributed by atoms with Gasteiger partial charge in [0.2, 0.25) is 0 Å². The maximum Gasteiger partial charge on any atom is 0.312 e. The van der Waals surface area contributed by atoms with Gasteiger partial charge in [0.1, 0.15) is 13.2 Å². The topological polar surface area (TPSA) is 40.5 Å². The fourth-order valence-electron chi connectivity index (χ4n) is 0.660. The molecule has 0 bridgehead atoms. The van der Waals surface area contributed by atoms with Gasteiger partial charge in [0, 0.05) is 0 Å². The maximum atomic E-state index is 8.86. The van der Waals surface area contributed by atoms with Gasteiger partial charge in [0.25, 0.3) is 0 Å². The first kappa shape index (κ1) is 9.41. The Morgan fingerprint density at radius 2 is 2.18 bits per heavy atom. The number of aliphatic hydroxyl groups excluding tert-OH is 2. The summed E-state index contributed by atoms with van der Waals surface area (Å²) < 4.78 is 1.18. The van der Waals surface area contributed by atoms with E-state index in [4.69, 9.17) is 10.2 Å². The lowest BCUT2D eigenvalue weighted by molar-refractivity contribution is 0.266. The zero-order chi connectivity index (χ0) is 8.27. The Labute approximate surface area is 77.5 Å². The van der Waals surface area contributed by atoms with Crippen LogP contribution in [-0.4, -0.2) is 16.5 Å². The Balaban J connectivity index is 2.92. The predicted octanol–water partition coefficient (Wildman–Crippen LogP) is 1.80. The first-order valence-electron chi connectivity index (χ1n) is 3.02. The molecule has 0 aliphatic heterocycles. The molecule has 11 heavy (non-hydrogen) atoms. The van der Waals surface area contributed by atoms with Crippen LogP contribution < -0.4 is 0 Å². The minimum Gasteiger partial charge on any atom is -0.389 e. The number of hydrogen-bond acceptors (Lipinski definition) is 4. The van der Waals surface area contributed by atoms with Gasteiger partial charge in [-0.3, -0.25) is 0 Å². The van der Waals surface area contributed by atoms with Gasteiger partial charge in [0.15, 0.2) is 9.75 Å². The van der Waals surface area contributed by atoms with Crippen molar-refractivity contribution in [1.29, 1.82) is 0 Å². The number of rotatable bonds is 3. The van der Waals surface area contributed by atoms with E-state index in [0.717, 1.165) is 9.75 Å². The fraction of sp³-hybridized carbons (Fsp3) is 0.500. The maximum absolute atomic E-state index is 8.86. The Bertz CT molecular complexity index is 212. The van der Waals surface area contributed by atoms with Crippen molar-refractivity contribution in [1.82, 2.24) is 0 Å². The molecule has 1 aromatic rings. The quantitative estimate of drug-likeness (QED) is 0.589. The standard InChI is InChI=1S/C6H9O2S3/c1-9-6-10-4(2-7)5(3-8)11-6/h7-8H,2-3H2,1H3/q+1. The summed E-state index contributed by atoms with van der Waals surface area (Å²) in [4.78, 5) is 1.78. The van der Waals surface area contributed by atoms with E-state index < -0.39 is 0 Å². The van der Waals surface area contributed by atoms with Gasteiger partial charge >= 0.3 is 3.52 Å². The van der Waals surface area contributed by atoms with Crippen molar-refractivity contribution in [2.24, 2.45) is 0 Å². The first-order valence-corrected chi connectivity index (χ1v) is 5.88. The van der Waals surface area contributed by atoms with Gasteiger partial charge in [-0.05, 0) is 6.26 Å². The molecule has 2 N–H and O–H groups in total. The van der Waals surface area contributed by atoms with E-state index in [2.05, 4.69) is 0 Å². The summed E-state index contributed by atoms with van der Waals surface area (Å²) in [6, 6.07) is 0. The summed E-state index contributed by atoms with van der Waals surface area (Å²) in [6.45, 7) is 0.0786. The summed E-state index contributed by atoms with van der Waals surface area (Å²) >= 11 is 4.76. The third-order valence-corrected chi connectivity index (χ3v) is 5.22. The molecular formula is C6H9O2S3+. The normalized spacial score (nSPS) is 10.5. The summed E-state index contributed by atoms with van der Waals surface area (Å²) in [5, 5.41) is 17.7. The molecule has 5 heteroatoms. The zero-order valence-corrected chi connectivity index (χ0v) is 8.48. The Kier molecular flexibility index (Phi) is 3.74. The molecule has 1 heterocycles. The third-order valence-electron chi connectivity index (χ3n) is 1.18. The van der Waals surface area contributed by atoms with Crippen LogP contribution in [0.5, 0.6) is 0 Å². The van der Waals surface area contributed by atoms with Crippen molar-refractivity contribution >= 4 is 34.4 Å². The van der Waals surface area contributed by atoms with Crippen molar-refractivity contribution in [3.8, 4) is 0 Å². The molecule has 1 aromatic heterocycles. The largest absolute Gasteiger partial charge is 0.389 e. The van der Waals surface area contributed by atoms with E-state index >= 15 is 0 Å². The van der Waals surface area contributed by atoms with Crippen molar-refractivity contribution in [3.63, 3.8) is 0 Å². The summed E-state index contributed by atoms with van der Waals surface area (Å²) in [5.41, 5.74) is 0. The summed E-state index contributed by atoms with van der Waals surface area (Å²) in [5.74, 6) is 0. The van der Waals surface area contributed by atoms with E-state index in [-0.39, 0.29) is 13.2 Å². The molecule has 0 radical (unpaired) electrons. The molecule has 0 aromatic carbocycles. The second-order valence-corrected chi connectivity index (χ2v) is 5.62. The molecule has 0 saturated heterocycles. The molecule has 0 saturated carbocycles. The highest BCUT2D eigenvalue weighted by molar-refractivity contribution is 8.02.